The second kappa shape index (κ2) is 9.62. The van der Waals surface area contributed by atoms with Crippen LogP contribution in [0.3, 0.4) is 0 Å². The Balaban J connectivity index is 1.07. The maximum atomic E-state index is 13.0. The molecule has 4 bridgehead atoms. The zero-order chi connectivity index (χ0) is 25.6. The van der Waals surface area contributed by atoms with Crippen molar-refractivity contribution in [2.24, 2.45) is 29.6 Å². The van der Waals surface area contributed by atoms with Crippen molar-refractivity contribution in [3.63, 3.8) is 0 Å². The fraction of sp³-hybridized carbons (Fsp3) is 0.516. The Kier molecular flexibility index (Phi) is 6.29. The first-order valence-corrected chi connectivity index (χ1v) is 13.8. The van der Waals surface area contributed by atoms with Gasteiger partial charge in [0.25, 0.3) is 0 Å². The van der Waals surface area contributed by atoms with Gasteiger partial charge in [0.2, 0.25) is 0 Å². The first-order valence-electron chi connectivity index (χ1n) is 13.8. The minimum atomic E-state index is -0.336. The number of hydrogen-bond acceptors (Lipinski definition) is 4. The molecule has 5 fully saturated rings. The molecule has 0 spiro atoms. The number of ketones is 1. The van der Waals surface area contributed by atoms with E-state index < -0.39 is 0 Å². The lowest BCUT2D eigenvalue weighted by molar-refractivity contribution is -0.146. The lowest BCUT2D eigenvalue weighted by Crippen LogP contribution is -2.60. The van der Waals surface area contributed by atoms with E-state index in [1.165, 1.54) is 26.4 Å². The minimum Gasteiger partial charge on any atom is -0.469 e. The summed E-state index contributed by atoms with van der Waals surface area (Å²) in [5.74, 6) is 1.47. The van der Waals surface area contributed by atoms with E-state index in [-0.39, 0.29) is 35.2 Å². The van der Waals surface area contributed by atoms with Crippen LogP contribution < -0.4 is 10.6 Å². The van der Waals surface area contributed by atoms with Crippen LogP contribution in [0.1, 0.15) is 68.1 Å². The maximum absolute atomic E-state index is 13.0. The van der Waals surface area contributed by atoms with Gasteiger partial charge in [0.15, 0.2) is 5.78 Å². The molecule has 37 heavy (non-hydrogen) atoms. The molecule has 2 N–H and O–H groups in total. The van der Waals surface area contributed by atoms with Gasteiger partial charge in [0, 0.05) is 22.7 Å². The molecule has 2 atom stereocenters. The predicted octanol–water partition coefficient (Wildman–Crippen LogP) is 6.22. The summed E-state index contributed by atoms with van der Waals surface area (Å²) in [6.07, 6.45) is 9.77. The van der Waals surface area contributed by atoms with Crippen LogP contribution in [0.15, 0.2) is 48.5 Å². The van der Waals surface area contributed by atoms with Crippen LogP contribution in [-0.2, 0) is 9.53 Å². The van der Waals surface area contributed by atoms with E-state index in [1.54, 1.807) is 0 Å². The van der Waals surface area contributed by atoms with Crippen LogP contribution in [0.5, 0.6) is 0 Å². The van der Waals surface area contributed by atoms with Gasteiger partial charge in [0.05, 0.1) is 13.0 Å². The highest BCUT2D eigenvalue weighted by Crippen LogP contribution is 2.55. The number of ether oxygens (including phenoxy) is 1. The number of amides is 2. The summed E-state index contributed by atoms with van der Waals surface area (Å²) in [5.41, 5.74) is 3.40. The fourth-order valence-electron chi connectivity index (χ4n) is 8.16. The predicted molar refractivity (Wildman–Crippen MR) is 142 cm³/mol. The summed E-state index contributed by atoms with van der Waals surface area (Å²) < 4.78 is 4.90. The summed E-state index contributed by atoms with van der Waals surface area (Å²) in [6, 6.07) is 15.3. The van der Waals surface area contributed by atoms with Crippen molar-refractivity contribution in [3.8, 4) is 11.1 Å². The van der Waals surface area contributed by atoms with Gasteiger partial charge in [-0.25, -0.2) is 4.79 Å². The molecule has 0 aliphatic heterocycles. The third-order valence-electron chi connectivity index (χ3n) is 9.42. The third kappa shape index (κ3) is 4.78. The van der Waals surface area contributed by atoms with Crippen molar-refractivity contribution in [1.82, 2.24) is 5.32 Å². The zero-order valence-corrected chi connectivity index (χ0v) is 21.5. The number of benzene rings is 2. The SMILES string of the molecule is COC(=O)[C@@H]1CCC[C@H]1C(=O)c1ccc(-c2ccc(NC(=O)NC34CC5CC(CC(C5)C3)C4)cc2)cc1. The Morgan fingerprint density at radius 3 is 1.89 bits per heavy atom. The highest BCUT2D eigenvalue weighted by Gasteiger charge is 2.51. The molecular weight excluding hydrogens is 464 g/mol. The minimum absolute atomic E-state index is 0.00663. The first kappa shape index (κ1) is 24.2. The Bertz CT molecular complexity index is 1150. The van der Waals surface area contributed by atoms with Gasteiger partial charge < -0.3 is 15.4 Å². The molecule has 0 unspecified atom stereocenters. The molecule has 6 heteroatoms. The normalized spacial score (nSPS) is 31.6. The standard InChI is InChI=1S/C31H36N2O4/c1-37-29(35)27-4-2-3-26(27)28(34)24-7-5-22(6-8-24)23-9-11-25(12-10-23)32-30(36)33-31-16-19-13-20(17-31)15-21(14-19)18-31/h5-12,19-21,26-27H,2-4,13-18H2,1H3,(H2,32,33,36)/t19?,20?,21?,26-,27-,31?/m1/s1. The molecule has 0 radical (unpaired) electrons. The number of hydrogen-bond donors (Lipinski definition) is 2. The second-order valence-corrected chi connectivity index (χ2v) is 12.0. The van der Waals surface area contributed by atoms with Crippen LogP contribution in [-0.4, -0.2) is 30.4 Å². The quantitative estimate of drug-likeness (QED) is 0.364. The Hall–Kier alpha value is -3.15. The lowest BCUT2D eigenvalue weighted by atomic mass is 9.53. The average Bonchev–Trinajstić information content (AvgIpc) is 3.37. The molecule has 2 amide bonds. The summed E-state index contributed by atoms with van der Waals surface area (Å²) >= 11 is 0. The van der Waals surface area contributed by atoms with E-state index in [0.29, 0.717) is 12.0 Å². The van der Waals surface area contributed by atoms with E-state index in [2.05, 4.69) is 10.6 Å². The number of nitrogens with one attached hydrogen (secondary N) is 2. The first-order chi connectivity index (χ1) is 17.9. The van der Waals surface area contributed by atoms with Crippen molar-refractivity contribution in [2.45, 2.75) is 63.3 Å². The van der Waals surface area contributed by atoms with Crippen molar-refractivity contribution in [2.75, 3.05) is 12.4 Å². The van der Waals surface area contributed by atoms with Crippen LogP contribution in [0.2, 0.25) is 0 Å². The van der Waals surface area contributed by atoms with E-state index >= 15 is 0 Å². The van der Waals surface area contributed by atoms with Crippen LogP contribution in [0.25, 0.3) is 11.1 Å². The third-order valence-corrected chi connectivity index (χ3v) is 9.42. The van der Waals surface area contributed by atoms with Crippen LogP contribution in [0.4, 0.5) is 10.5 Å². The monoisotopic (exact) mass is 500 g/mol. The summed E-state index contributed by atoms with van der Waals surface area (Å²) in [7, 11) is 1.38. The number of methoxy groups -OCH3 is 1. The summed E-state index contributed by atoms with van der Waals surface area (Å²) in [5, 5.41) is 6.40. The molecule has 5 saturated carbocycles. The van der Waals surface area contributed by atoms with Crippen molar-refractivity contribution >= 4 is 23.5 Å². The van der Waals surface area contributed by atoms with Crippen LogP contribution >= 0.6 is 0 Å². The molecule has 0 aromatic heterocycles. The molecular formula is C31H36N2O4. The van der Waals surface area contributed by atoms with E-state index in [0.717, 1.165) is 66.7 Å². The number of urea groups is 1. The van der Waals surface area contributed by atoms with E-state index in [4.69, 9.17) is 4.74 Å². The second-order valence-electron chi connectivity index (χ2n) is 12.0. The molecule has 0 heterocycles. The Morgan fingerprint density at radius 1 is 0.784 bits per heavy atom. The molecule has 2 aromatic carbocycles. The van der Waals surface area contributed by atoms with Gasteiger partial charge in [-0.15, -0.1) is 0 Å². The smallest absolute Gasteiger partial charge is 0.319 e. The fourth-order valence-corrected chi connectivity index (χ4v) is 8.16. The van der Waals surface area contributed by atoms with Gasteiger partial charge in [-0.1, -0.05) is 42.8 Å². The Labute approximate surface area is 218 Å². The molecule has 194 valence electrons. The van der Waals surface area contributed by atoms with Gasteiger partial charge in [-0.3, -0.25) is 9.59 Å². The molecule has 0 saturated heterocycles. The molecule has 5 aliphatic rings. The number of anilines is 1. The molecule has 6 nitrogen and oxygen atoms in total. The Morgan fingerprint density at radius 2 is 1.32 bits per heavy atom. The average molecular weight is 501 g/mol. The van der Waals surface area contributed by atoms with Gasteiger partial charge >= 0.3 is 12.0 Å². The number of esters is 1. The largest absolute Gasteiger partial charge is 0.469 e. The number of rotatable bonds is 6. The molecule has 7 rings (SSSR count). The van der Waals surface area contributed by atoms with Gasteiger partial charge in [-0.2, -0.15) is 0 Å². The maximum Gasteiger partial charge on any atom is 0.319 e. The number of Topliss-reactive ketones (excluding diaryl/α,β-unsaturated/α-hetero) is 1. The zero-order valence-electron chi connectivity index (χ0n) is 21.5. The van der Waals surface area contributed by atoms with Gasteiger partial charge in [-0.05, 0) is 92.4 Å². The molecule has 2 aromatic rings. The van der Waals surface area contributed by atoms with E-state index in [1.807, 2.05) is 48.5 Å². The summed E-state index contributed by atoms with van der Waals surface area (Å²) in [4.78, 5) is 38.0. The number of carbonyl (C=O) groups is 3. The summed E-state index contributed by atoms with van der Waals surface area (Å²) in [6.45, 7) is 0. The van der Waals surface area contributed by atoms with Crippen molar-refractivity contribution < 1.29 is 19.1 Å². The van der Waals surface area contributed by atoms with Crippen LogP contribution in [0, 0.1) is 29.6 Å². The van der Waals surface area contributed by atoms with Gasteiger partial charge in [0.1, 0.15) is 0 Å². The highest BCUT2D eigenvalue weighted by atomic mass is 16.5. The molecule has 5 aliphatic carbocycles. The van der Waals surface area contributed by atoms with Crippen molar-refractivity contribution in [3.05, 3.63) is 54.1 Å². The number of carbonyl (C=O) groups excluding carboxylic acids is 3. The highest BCUT2D eigenvalue weighted by molar-refractivity contribution is 6.00. The van der Waals surface area contributed by atoms with E-state index in [9.17, 15) is 14.4 Å². The topological polar surface area (TPSA) is 84.5 Å². The lowest BCUT2D eigenvalue weighted by Gasteiger charge is -2.56. The van der Waals surface area contributed by atoms with Crippen molar-refractivity contribution in [1.29, 1.82) is 0 Å².